The molecule has 0 amide bonds. The fourth-order valence-corrected chi connectivity index (χ4v) is 1.26. The third kappa shape index (κ3) is 1.07. The molecule has 0 spiro atoms. The molecule has 0 saturated heterocycles. The molecule has 2 rings (SSSR count). The van der Waals surface area contributed by atoms with Gasteiger partial charge in [0.25, 0.3) is 0 Å². The number of para-hydroxylation sites is 1. The number of nitrogens with two attached hydrogens (primary N) is 1. The molecule has 2 N–H and O–H groups in total. The minimum atomic E-state index is 0.297. The molecule has 1 aromatic heterocycles. The van der Waals surface area contributed by atoms with E-state index in [0.29, 0.717) is 23.0 Å². The zero-order valence-corrected chi connectivity index (χ0v) is 7.01. The Bertz CT molecular complexity index is 410. The number of oxazole rings is 1. The van der Waals surface area contributed by atoms with E-state index < -0.39 is 0 Å². The number of benzene rings is 1. The molecule has 3 nitrogen and oxygen atoms in total. The minimum Gasteiger partial charge on any atom is -0.438 e. The van der Waals surface area contributed by atoms with Crippen LogP contribution in [-0.4, -0.2) is 4.98 Å². The zero-order valence-electron chi connectivity index (χ0n) is 6.25. The van der Waals surface area contributed by atoms with Crippen molar-refractivity contribution in [2.24, 2.45) is 5.73 Å². The summed E-state index contributed by atoms with van der Waals surface area (Å²) < 4.78 is 5.28. The van der Waals surface area contributed by atoms with E-state index >= 15 is 0 Å². The molecule has 0 saturated carbocycles. The number of rotatable bonds is 1. The van der Waals surface area contributed by atoms with E-state index in [0.717, 1.165) is 5.52 Å². The molecule has 12 heavy (non-hydrogen) atoms. The summed E-state index contributed by atoms with van der Waals surface area (Å²) in [5, 5.41) is 0.569. The van der Waals surface area contributed by atoms with Crippen LogP contribution in [0.5, 0.6) is 0 Å². The topological polar surface area (TPSA) is 52.0 Å². The van der Waals surface area contributed by atoms with E-state index in [1.165, 1.54) is 0 Å². The summed E-state index contributed by atoms with van der Waals surface area (Å²) >= 11 is 5.85. The lowest BCUT2D eigenvalue weighted by Crippen LogP contribution is -1.94. The highest BCUT2D eigenvalue weighted by Gasteiger charge is 2.05. The largest absolute Gasteiger partial charge is 0.438 e. The van der Waals surface area contributed by atoms with Crippen LogP contribution in [0.3, 0.4) is 0 Å². The first-order valence-electron chi connectivity index (χ1n) is 3.55. The fraction of sp³-hybridized carbons (Fsp3) is 0.125. The second-order valence-electron chi connectivity index (χ2n) is 2.40. The molecule has 0 aliphatic heterocycles. The van der Waals surface area contributed by atoms with E-state index in [9.17, 15) is 0 Å². The van der Waals surface area contributed by atoms with Gasteiger partial charge in [-0.1, -0.05) is 17.7 Å². The summed E-state index contributed by atoms with van der Waals surface area (Å²) in [6, 6.07) is 5.42. The van der Waals surface area contributed by atoms with Gasteiger partial charge >= 0.3 is 0 Å². The van der Waals surface area contributed by atoms with Crippen LogP contribution >= 0.6 is 11.6 Å². The smallest absolute Gasteiger partial charge is 0.209 e. The van der Waals surface area contributed by atoms with Gasteiger partial charge in [0.2, 0.25) is 5.89 Å². The number of aromatic nitrogens is 1. The zero-order chi connectivity index (χ0) is 8.55. The van der Waals surface area contributed by atoms with Crippen molar-refractivity contribution < 1.29 is 4.42 Å². The molecule has 0 fully saturated rings. The summed E-state index contributed by atoms with van der Waals surface area (Å²) in [4.78, 5) is 4.12. The summed E-state index contributed by atoms with van der Waals surface area (Å²) in [5.74, 6) is 0.512. The van der Waals surface area contributed by atoms with Crippen molar-refractivity contribution in [3.63, 3.8) is 0 Å². The van der Waals surface area contributed by atoms with Crippen LogP contribution in [-0.2, 0) is 6.54 Å². The molecular formula is C8H7ClN2O. The molecule has 0 unspecified atom stereocenters. The van der Waals surface area contributed by atoms with Gasteiger partial charge in [-0.3, -0.25) is 0 Å². The van der Waals surface area contributed by atoms with Gasteiger partial charge in [-0.2, -0.15) is 0 Å². The molecular weight excluding hydrogens is 176 g/mol. The summed E-state index contributed by atoms with van der Waals surface area (Å²) in [6.07, 6.45) is 0. The first-order valence-corrected chi connectivity index (χ1v) is 3.93. The van der Waals surface area contributed by atoms with E-state index in [2.05, 4.69) is 4.98 Å². The molecule has 0 bridgehead atoms. The predicted octanol–water partition coefficient (Wildman–Crippen LogP) is 1.94. The Morgan fingerprint density at radius 3 is 3.00 bits per heavy atom. The average molecular weight is 183 g/mol. The lowest BCUT2D eigenvalue weighted by molar-refractivity contribution is 0.533. The fourth-order valence-electron chi connectivity index (χ4n) is 1.05. The Morgan fingerprint density at radius 1 is 1.50 bits per heavy atom. The van der Waals surface area contributed by atoms with Gasteiger partial charge in [-0.05, 0) is 12.1 Å². The Hall–Kier alpha value is -1.06. The van der Waals surface area contributed by atoms with Gasteiger partial charge in [0.1, 0.15) is 5.52 Å². The van der Waals surface area contributed by atoms with Crippen LogP contribution in [0.2, 0.25) is 5.02 Å². The highest BCUT2D eigenvalue weighted by molar-refractivity contribution is 6.34. The van der Waals surface area contributed by atoms with Crippen molar-refractivity contribution in [1.82, 2.24) is 4.98 Å². The lowest BCUT2D eigenvalue weighted by Gasteiger charge is -1.87. The third-order valence-corrected chi connectivity index (χ3v) is 1.88. The van der Waals surface area contributed by atoms with Crippen LogP contribution in [0.15, 0.2) is 22.6 Å². The minimum absolute atomic E-state index is 0.297. The summed E-state index contributed by atoms with van der Waals surface area (Å²) in [5.41, 5.74) is 6.73. The normalized spacial score (nSPS) is 10.8. The van der Waals surface area contributed by atoms with Crippen molar-refractivity contribution in [2.45, 2.75) is 6.54 Å². The molecule has 0 aliphatic carbocycles. The van der Waals surface area contributed by atoms with Crippen molar-refractivity contribution in [3.05, 3.63) is 29.1 Å². The molecule has 0 aliphatic rings. The quantitative estimate of drug-likeness (QED) is 0.734. The van der Waals surface area contributed by atoms with Crippen LogP contribution in [0, 0.1) is 0 Å². The van der Waals surface area contributed by atoms with Crippen molar-refractivity contribution in [3.8, 4) is 0 Å². The van der Waals surface area contributed by atoms with Gasteiger partial charge < -0.3 is 10.2 Å². The van der Waals surface area contributed by atoms with E-state index in [4.69, 9.17) is 21.8 Å². The Balaban J connectivity index is 2.74. The number of halogens is 1. The highest BCUT2D eigenvalue weighted by atomic mass is 35.5. The Labute approximate surface area is 74.1 Å². The number of nitrogens with zero attached hydrogens (tertiary/aromatic N) is 1. The van der Waals surface area contributed by atoms with Gasteiger partial charge in [0.15, 0.2) is 5.58 Å². The van der Waals surface area contributed by atoms with Crippen LogP contribution in [0.25, 0.3) is 11.1 Å². The Morgan fingerprint density at radius 2 is 2.33 bits per heavy atom. The molecule has 4 heteroatoms. The SMILES string of the molecule is NCc1nc2cccc(Cl)c2o1. The monoisotopic (exact) mass is 182 g/mol. The van der Waals surface area contributed by atoms with Gasteiger partial charge in [-0.15, -0.1) is 0 Å². The third-order valence-electron chi connectivity index (χ3n) is 1.59. The second-order valence-corrected chi connectivity index (χ2v) is 2.81. The van der Waals surface area contributed by atoms with Crippen molar-refractivity contribution in [1.29, 1.82) is 0 Å². The lowest BCUT2D eigenvalue weighted by atomic mass is 10.3. The summed E-state index contributed by atoms with van der Waals surface area (Å²) in [6.45, 7) is 0.297. The maximum absolute atomic E-state index is 5.85. The molecule has 1 heterocycles. The number of fused-ring (bicyclic) bond motifs is 1. The Kier molecular flexibility index (Phi) is 1.75. The van der Waals surface area contributed by atoms with Crippen LogP contribution < -0.4 is 5.73 Å². The highest BCUT2D eigenvalue weighted by Crippen LogP contribution is 2.23. The molecule has 2 aromatic rings. The molecule has 0 atom stereocenters. The maximum atomic E-state index is 5.85. The predicted molar refractivity (Wildman–Crippen MR) is 46.9 cm³/mol. The van der Waals surface area contributed by atoms with Gasteiger partial charge in [-0.25, -0.2) is 4.98 Å². The molecule has 62 valence electrons. The molecule has 0 radical (unpaired) electrons. The second kappa shape index (κ2) is 2.77. The number of hydrogen-bond donors (Lipinski definition) is 1. The first-order chi connectivity index (χ1) is 5.81. The van der Waals surface area contributed by atoms with E-state index in [1.807, 2.05) is 12.1 Å². The maximum Gasteiger partial charge on any atom is 0.209 e. The molecule has 1 aromatic carbocycles. The van der Waals surface area contributed by atoms with E-state index in [-0.39, 0.29) is 0 Å². The van der Waals surface area contributed by atoms with Crippen molar-refractivity contribution in [2.75, 3.05) is 0 Å². The van der Waals surface area contributed by atoms with Crippen LogP contribution in [0.1, 0.15) is 5.89 Å². The van der Waals surface area contributed by atoms with Gasteiger partial charge in [0, 0.05) is 0 Å². The standard InChI is InChI=1S/C8H7ClN2O/c9-5-2-1-3-6-8(5)12-7(4-10)11-6/h1-3H,4,10H2. The van der Waals surface area contributed by atoms with Crippen LogP contribution in [0.4, 0.5) is 0 Å². The van der Waals surface area contributed by atoms with Crippen molar-refractivity contribution >= 4 is 22.7 Å². The average Bonchev–Trinajstić information content (AvgIpc) is 2.49. The number of hydrogen-bond acceptors (Lipinski definition) is 3. The first kappa shape index (κ1) is 7.58. The summed E-state index contributed by atoms with van der Waals surface area (Å²) in [7, 11) is 0. The van der Waals surface area contributed by atoms with Gasteiger partial charge in [0.05, 0.1) is 11.6 Å². The van der Waals surface area contributed by atoms with E-state index in [1.54, 1.807) is 6.07 Å².